The molecule has 0 radical (unpaired) electrons. The van der Waals surface area contributed by atoms with E-state index in [0.29, 0.717) is 29.7 Å². The zero-order chi connectivity index (χ0) is 25.8. The molecule has 1 aliphatic heterocycles. The number of amides is 3. The van der Waals surface area contributed by atoms with Gasteiger partial charge in [-0.3, -0.25) is 14.4 Å². The van der Waals surface area contributed by atoms with Crippen LogP contribution in [0.2, 0.25) is 0 Å². The van der Waals surface area contributed by atoms with Gasteiger partial charge in [-0.15, -0.1) is 0 Å². The SMILES string of the molecule is O=C(NC/C=C1\CCOC1=O)C(=O)NCc1ccccc1C(=O)NC1(c2ccc3ccccc3c2)CC1. The first kappa shape index (κ1) is 24.2. The van der Waals surface area contributed by atoms with Gasteiger partial charge in [-0.1, -0.05) is 60.7 Å². The van der Waals surface area contributed by atoms with E-state index in [1.54, 1.807) is 30.3 Å². The van der Waals surface area contributed by atoms with Gasteiger partial charge in [0, 0.05) is 30.6 Å². The number of hydrogen-bond acceptors (Lipinski definition) is 5. The van der Waals surface area contributed by atoms with Crippen LogP contribution in [0.25, 0.3) is 10.8 Å². The minimum absolute atomic E-state index is 0.0201. The number of carbonyl (C=O) groups excluding carboxylic acids is 4. The number of benzene rings is 3. The molecule has 3 amide bonds. The Morgan fingerprint density at radius 3 is 2.38 bits per heavy atom. The van der Waals surface area contributed by atoms with Crippen LogP contribution in [0.1, 0.15) is 40.7 Å². The zero-order valence-electron chi connectivity index (χ0n) is 20.2. The molecule has 2 aliphatic rings. The molecule has 5 rings (SSSR count). The summed E-state index contributed by atoms with van der Waals surface area (Å²) in [5, 5.41) is 10.5. The molecule has 1 saturated carbocycles. The number of carbonyl (C=O) groups is 4. The van der Waals surface area contributed by atoms with Crippen LogP contribution >= 0.6 is 0 Å². The first-order valence-corrected chi connectivity index (χ1v) is 12.3. The van der Waals surface area contributed by atoms with Gasteiger partial charge in [-0.25, -0.2) is 4.79 Å². The van der Waals surface area contributed by atoms with E-state index in [4.69, 9.17) is 4.74 Å². The molecule has 8 heteroatoms. The summed E-state index contributed by atoms with van der Waals surface area (Å²) in [5.74, 6) is -2.27. The molecule has 3 aromatic carbocycles. The number of hydrogen-bond donors (Lipinski definition) is 3. The highest BCUT2D eigenvalue weighted by Gasteiger charge is 2.46. The number of cyclic esters (lactones) is 1. The highest BCUT2D eigenvalue weighted by molar-refractivity contribution is 6.35. The van der Waals surface area contributed by atoms with E-state index in [1.165, 1.54) is 0 Å². The molecule has 8 nitrogen and oxygen atoms in total. The Balaban J connectivity index is 1.20. The maximum absolute atomic E-state index is 13.3. The fourth-order valence-electron chi connectivity index (χ4n) is 4.52. The molecular formula is C29H27N3O5. The maximum atomic E-state index is 13.3. The van der Waals surface area contributed by atoms with Crippen molar-refractivity contribution in [1.82, 2.24) is 16.0 Å². The van der Waals surface area contributed by atoms with Gasteiger partial charge < -0.3 is 20.7 Å². The lowest BCUT2D eigenvalue weighted by Crippen LogP contribution is -2.40. The van der Waals surface area contributed by atoms with E-state index in [1.807, 2.05) is 12.1 Å². The van der Waals surface area contributed by atoms with Crippen LogP contribution in [0.4, 0.5) is 0 Å². The molecule has 37 heavy (non-hydrogen) atoms. The fourth-order valence-corrected chi connectivity index (χ4v) is 4.52. The van der Waals surface area contributed by atoms with E-state index in [2.05, 4.69) is 46.3 Å². The zero-order valence-corrected chi connectivity index (χ0v) is 20.2. The summed E-state index contributed by atoms with van der Waals surface area (Å²) in [7, 11) is 0. The van der Waals surface area contributed by atoms with Crippen LogP contribution in [0.5, 0.6) is 0 Å². The molecule has 1 aliphatic carbocycles. The van der Waals surface area contributed by atoms with Gasteiger partial charge >= 0.3 is 17.8 Å². The van der Waals surface area contributed by atoms with E-state index in [9.17, 15) is 19.2 Å². The number of rotatable bonds is 7. The summed E-state index contributed by atoms with van der Waals surface area (Å²) in [4.78, 5) is 49.1. The largest absolute Gasteiger partial charge is 0.462 e. The van der Waals surface area contributed by atoms with E-state index >= 15 is 0 Å². The summed E-state index contributed by atoms with van der Waals surface area (Å²) in [6, 6.07) is 21.4. The lowest BCUT2D eigenvalue weighted by molar-refractivity contribution is -0.139. The predicted octanol–water partition coefficient (Wildman–Crippen LogP) is 2.86. The highest BCUT2D eigenvalue weighted by Crippen LogP contribution is 2.46. The third-order valence-corrected chi connectivity index (χ3v) is 6.79. The van der Waals surface area contributed by atoms with Gasteiger partial charge in [0.15, 0.2) is 0 Å². The maximum Gasteiger partial charge on any atom is 0.333 e. The van der Waals surface area contributed by atoms with Gasteiger partial charge in [0.05, 0.1) is 12.1 Å². The summed E-state index contributed by atoms with van der Waals surface area (Å²) < 4.78 is 4.83. The number of nitrogens with one attached hydrogen (secondary N) is 3. The van der Waals surface area contributed by atoms with Crippen molar-refractivity contribution in [2.24, 2.45) is 0 Å². The molecule has 1 saturated heterocycles. The van der Waals surface area contributed by atoms with Crippen molar-refractivity contribution < 1.29 is 23.9 Å². The van der Waals surface area contributed by atoms with Crippen molar-refractivity contribution >= 4 is 34.5 Å². The minimum atomic E-state index is -0.822. The average Bonchev–Trinajstić information content (AvgIpc) is 3.59. The van der Waals surface area contributed by atoms with Crippen molar-refractivity contribution in [3.8, 4) is 0 Å². The first-order chi connectivity index (χ1) is 17.9. The molecule has 0 atom stereocenters. The lowest BCUT2D eigenvalue weighted by atomic mass is 9.99. The average molecular weight is 498 g/mol. The Morgan fingerprint density at radius 2 is 1.62 bits per heavy atom. The molecular weight excluding hydrogens is 470 g/mol. The molecule has 0 unspecified atom stereocenters. The predicted molar refractivity (Wildman–Crippen MR) is 137 cm³/mol. The quantitative estimate of drug-likeness (QED) is 0.264. The monoisotopic (exact) mass is 497 g/mol. The normalized spacial score (nSPS) is 16.8. The summed E-state index contributed by atoms with van der Waals surface area (Å²) >= 11 is 0. The molecule has 3 aromatic rings. The minimum Gasteiger partial charge on any atom is -0.462 e. The van der Waals surface area contributed by atoms with Crippen molar-refractivity contribution in [2.45, 2.75) is 31.3 Å². The second kappa shape index (κ2) is 10.3. The Bertz CT molecular complexity index is 1420. The second-order valence-corrected chi connectivity index (χ2v) is 9.26. The van der Waals surface area contributed by atoms with Crippen molar-refractivity contribution in [2.75, 3.05) is 13.2 Å². The van der Waals surface area contributed by atoms with E-state index < -0.39 is 23.3 Å². The van der Waals surface area contributed by atoms with Crippen molar-refractivity contribution in [3.05, 3.63) is 95.1 Å². The van der Waals surface area contributed by atoms with Gasteiger partial charge in [-0.05, 0) is 46.9 Å². The van der Waals surface area contributed by atoms with Gasteiger partial charge in [-0.2, -0.15) is 0 Å². The summed E-state index contributed by atoms with van der Waals surface area (Å²) in [5.41, 5.74) is 2.20. The molecule has 2 fully saturated rings. The smallest absolute Gasteiger partial charge is 0.333 e. The van der Waals surface area contributed by atoms with E-state index in [0.717, 1.165) is 29.2 Å². The van der Waals surface area contributed by atoms with Crippen LogP contribution in [0.15, 0.2) is 78.4 Å². The standard InChI is InChI=1S/C29H27N3O5/c33-25(32-29(13-14-29)23-10-9-19-5-1-2-6-21(19)17-23)24-8-4-3-7-22(24)18-31-27(35)26(34)30-15-11-20-12-16-37-28(20)36/h1-11,17H,12-16,18H2,(H,30,34)(H,31,35)(H,32,33)/b20-11+. The first-order valence-electron chi connectivity index (χ1n) is 12.3. The van der Waals surface area contributed by atoms with Crippen LogP contribution < -0.4 is 16.0 Å². The second-order valence-electron chi connectivity index (χ2n) is 9.26. The third kappa shape index (κ3) is 5.38. The molecule has 0 bridgehead atoms. The summed E-state index contributed by atoms with van der Waals surface area (Å²) in [6.07, 6.45) is 3.74. The van der Waals surface area contributed by atoms with Crippen LogP contribution in [0.3, 0.4) is 0 Å². The number of ether oxygens (including phenoxy) is 1. The van der Waals surface area contributed by atoms with E-state index in [-0.39, 0.29) is 19.0 Å². The van der Waals surface area contributed by atoms with Gasteiger partial charge in [0.1, 0.15) is 0 Å². The van der Waals surface area contributed by atoms with Gasteiger partial charge in [0.2, 0.25) is 0 Å². The van der Waals surface area contributed by atoms with Crippen molar-refractivity contribution in [1.29, 1.82) is 0 Å². The van der Waals surface area contributed by atoms with Crippen LogP contribution in [0, 0.1) is 0 Å². The van der Waals surface area contributed by atoms with Crippen LogP contribution in [-0.2, 0) is 31.2 Å². The topological polar surface area (TPSA) is 114 Å². The lowest BCUT2D eigenvalue weighted by Gasteiger charge is -2.20. The van der Waals surface area contributed by atoms with Crippen LogP contribution in [-0.4, -0.2) is 36.8 Å². The molecule has 0 spiro atoms. The van der Waals surface area contributed by atoms with Gasteiger partial charge in [0.25, 0.3) is 5.91 Å². The number of esters is 1. The Kier molecular flexibility index (Phi) is 6.72. The fraction of sp³-hybridized carbons (Fsp3) is 0.241. The summed E-state index contributed by atoms with van der Waals surface area (Å²) in [6.45, 7) is 0.397. The molecule has 1 heterocycles. The highest BCUT2D eigenvalue weighted by atomic mass is 16.5. The molecule has 0 aromatic heterocycles. The Labute approximate surface area is 214 Å². The molecule has 188 valence electrons. The molecule has 3 N–H and O–H groups in total. The van der Waals surface area contributed by atoms with Crippen molar-refractivity contribution in [3.63, 3.8) is 0 Å². The Hall–Kier alpha value is -4.46. The Morgan fingerprint density at radius 1 is 0.892 bits per heavy atom. The third-order valence-electron chi connectivity index (χ3n) is 6.79. The number of fused-ring (bicyclic) bond motifs is 1.